The molecule has 0 bridgehead atoms. The van der Waals surface area contributed by atoms with Gasteiger partial charge in [-0.3, -0.25) is 0 Å². The molecular formula is C12H14ClIN2O. The highest BCUT2D eigenvalue weighted by Gasteiger charge is 2.16. The van der Waals surface area contributed by atoms with E-state index in [1.54, 1.807) is 6.07 Å². The molecule has 17 heavy (non-hydrogen) atoms. The van der Waals surface area contributed by atoms with Crippen LogP contribution in [-0.2, 0) is 0 Å². The molecule has 1 saturated heterocycles. The number of carbonyl (C=O) groups is 1. The van der Waals surface area contributed by atoms with Gasteiger partial charge in [-0.05, 0) is 60.1 Å². The molecule has 0 aliphatic carbocycles. The zero-order valence-electron chi connectivity index (χ0n) is 9.38. The van der Waals surface area contributed by atoms with Crippen molar-refractivity contribution in [1.82, 2.24) is 4.90 Å². The number of nitrogens with zero attached hydrogens (tertiary/aromatic N) is 1. The highest BCUT2D eigenvalue weighted by molar-refractivity contribution is 14.1. The number of piperidine rings is 1. The van der Waals surface area contributed by atoms with Gasteiger partial charge in [0.1, 0.15) is 0 Å². The van der Waals surface area contributed by atoms with Crippen molar-refractivity contribution >= 4 is 45.9 Å². The van der Waals surface area contributed by atoms with Crippen LogP contribution in [0.5, 0.6) is 0 Å². The third-order valence-corrected chi connectivity index (χ3v) is 3.94. The van der Waals surface area contributed by atoms with E-state index in [1.165, 1.54) is 6.42 Å². The highest BCUT2D eigenvalue weighted by atomic mass is 127. The number of likely N-dealkylation sites (tertiary alicyclic amines) is 1. The first-order chi connectivity index (χ1) is 8.16. The fourth-order valence-corrected chi connectivity index (χ4v) is 2.89. The quantitative estimate of drug-likeness (QED) is 0.752. The summed E-state index contributed by atoms with van der Waals surface area (Å²) in [6, 6.07) is 5.46. The van der Waals surface area contributed by atoms with Crippen LogP contribution < -0.4 is 5.32 Å². The lowest BCUT2D eigenvalue weighted by molar-refractivity contribution is 0.200. The van der Waals surface area contributed by atoms with Gasteiger partial charge in [0.05, 0.1) is 5.69 Å². The molecule has 5 heteroatoms. The fraction of sp³-hybridized carbons (Fsp3) is 0.417. The van der Waals surface area contributed by atoms with Gasteiger partial charge in [0.15, 0.2) is 0 Å². The normalized spacial score (nSPS) is 15.8. The standard InChI is InChI=1S/C12H14ClIN2O/c13-9-4-5-11(10(14)8-9)15-12(17)16-6-2-1-3-7-16/h4-5,8H,1-3,6-7H2,(H,15,17). The number of halogens is 2. The monoisotopic (exact) mass is 364 g/mol. The van der Waals surface area contributed by atoms with Gasteiger partial charge in [-0.15, -0.1) is 0 Å². The number of anilines is 1. The van der Waals surface area contributed by atoms with Gasteiger partial charge in [-0.1, -0.05) is 11.6 Å². The Morgan fingerprint density at radius 1 is 1.29 bits per heavy atom. The van der Waals surface area contributed by atoms with Crippen molar-refractivity contribution < 1.29 is 4.79 Å². The Hall–Kier alpha value is -0.490. The lowest BCUT2D eigenvalue weighted by atomic mass is 10.1. The van der Waals surface area contributed by atoms with Crippen molar-refractivity contribution in [2.45, 2.75) is 19.3 Å². The van der Waals surface area contributed by atoms with Crippen molar-refractivity contribution in [1.29, 1.82) is 0 Å². The van der Waals surface area contributed by atoms with Gasteiger partial charge in [0.2, 0.25) is 0 Å². The zero-order chi connectivity index (χ0) is 12.3. The summed E-state index contributed by atoms with van der Waals surface area (Å²) in [5.74, 6) is 0. The van der Waals surface area contributed by atoms with Crippen molar-refractivity contribution in [3.63, 3.8) is 0 Å². The average Bonchev–Trinajstić information content (AvgIpc) is 2.34. The third-order valence-electron chi connectivity index (χ3n) is 2.82. The summed E-state index contributed by atoms with van der Waals surface area (Å²) in [5.41, 5.74) is 0.825. The summed E-state index contributed by atoms with van der Waals surface area (Å²) in [7, 11) is 0. The third kappa shape index (κ3) is 3.48. The lowest BCUT2D eigenvalue weighted by Crippen LogP contribution is -2.38. The maximum Gasteiger partial charge on any atom is 0.321 e. The molecule has 92 valence electrons. The second kappa shape index (κ2) is 5.91. The van der Waals surface area contributed by atoms with Crippen LogP contribution in [0.3, 0.4) is 0 Å². The summed E-state index contributed by atoms with van der Waals surface area (Å²) in [6.07, 6.45) is 3.43. The first kappa shape index (κ1) is 13.0. The molecule has 1 heterocycles. The lowest BCUT2D eigenvalue weighted by Gasteiger charge is -2.27. The second-order valence-corrected chi connectivity index (χ2v) is 5.70. The number of urea groups is 1. The Morgan fingerprint density at radius 2 is 2.00 bits per heavy atom. The van der Waals surface area contributed by atoms with Gasteiger partial charge in [-0.2, -0.15) is 0 Å². The minimum Gasteiger partial charge on any atom is -0.325 e. The molecule has 1 aliphatic rings. The number of amides is 2. The average molecular weight is 365 g/mol. The zero-order valence-corrected chi connectivity index (χ0v) is 12.3. The first-order valence-electron chi connectivity index (χ1n) is 5.68. The van der Waals surface area contributed by atoms with Crippen molar-refractivity contribution in [2.75, 3.05) is 18.4 Å². The molecule has 3 nitrogen and oxygen atoms in total. The molecule has 1 N–H and O–H groups in total. The number of rotatable bonds is 1. The Morgan fingerprint density at radius 3 is 2.65 bits per heavy atom. The fourth-order valence-electron chi connectivity index (χ4n) is 1.88. The van der Waals surface area contributed by atoms with Crippen LogP contribution in [0.25, 0.3) is 0 Å². The van der Waals surface area contributed by atoms with E-state index in [0.29, 0.717) is 5.02 Å². The molecule has 0 radical (unpaired) electrons. The SMILES string of the molecule is O=C(Nc1ccc(Cl)cc1I)N1CCCCC1. The Balaban J connectivity index is 2.02. The van der Waals surface area contributed by atoms with Crippen LogP contribution in [0.1, 0.15) is 19.3 Å². The van der Waals surface area contributed by atoms with E-state index in [1.807, 2.05) is 17.0 Å². The van der Waals surface area contributed by atoms with Crippen molar-refractivity contribution in [3.05, 3.63) is 26.8 Å². The van der Waals surface area contributed by atoms with Crippen LogP contribution in [0.4, 0.5) is 10.5 Å². The van der Waals surface area contributed by atoms with Crippen LogP contribution in [0.15, 0.2) is 18.2 Å². The number of nitrogens with one attached hydrogen (secondary N) is 1. The predicted octanol–water partition coefficient (Wildman–Crippen LogP) is 3.96. The maximum atomic E-state index is 12.0. The molecular weight excluding hydrogens is 351 g/mol. The number of hydrogen-bond acceptors (Lipinski definition) is 1. The smallest absolute Gasteiger partial charge is 0.321 e. The molecule has 0 unspecified atom stereocenters. The van der Waals surface area contributed by atoms with Crippen molar-refractivity contribution in [3.8, 4) is 0 Å². The molecule has 2 rings (SSSR count). The molecule has 0 saturated carbocycles. The summed E-state index contributed by atoms with van der Waals surface area (Å²) < 4.78 is 0.959. The van der Waals surface area contributed by atoms with Gasteiger partial charge >= 0.3 is 6.03 Å². The molecule has 0 spiro atoms. The second-order valence-electron chi connectivity index (χ2n) is 4.10. The summed E-state index contributed by atoms with van der Waals surface area (Å²) in [6.45, 7) is 1.71. The van der Waals surface area contributed by atoms with Crippen molar-refractivity contribution in [2.24, 2.45) is 0 Å². The predicted molar refractivity (Wildman–Crippen MR) is 78.6 cm³/mol. The van der Waals surface area contributed by atoms with E-state index in [2.05, 4.69) is 27.9 Å². The molecule has 1 aliphatic heterocycles. The largest absolute Gasteiger partial charge is 0.325 e. The minimum atomic E-state index is -0.00932. The molecule has 1 aromatic carbocycles. The highest BCUT2D eigenvalue weighted by Crippen LogP contribution is 2.23. The summed E-state index contributed by atoms with van der Waals surface area (Å²) in [4.78, 5) is 13.9. The van der Waals surface area contributed by atoms with E-state index in [4.69, 9.17) is 11.6 Å². The van der Waals surface area contributed by atoms with E-state index in [0.717, 1.165) is 35.2 Å². The van der Waals surface area contributed by atoms with E-state index < -0.39 is 0 Å². The van der Waals surface area contributed by atoms with E-state index >= 15 is 0 Å². The Labute approximate surface area is 120 Å². The summed E-state index contributed by atoms with van der Waals surface area (Å²) in [5, 5.41) is 3.61. The van der Waals surface area contributed by atoms with Crippen LogP contribution in [0.2, 0.25) is 5.02 Å². The number of benzene rings is 1. The van der Waals surface area contributed by atoms with Crippen LogP contribution in [-0.4, -0.2) is 24.0 Å². The molecule has 0 atom stereocenters. The minimum absolute atomic E-state index is 0.00932. The Bertz CT molecular complexity index is 419. The first-order valence-corrected chi connectivity index (χ1v) is 7.13. The number of hydrogen-bond donors (Lipinski definition) is 1. The van der Waals surface area contributed by atoms with Gasteiger partial charge in [-0.25, -0.2) is 4.79 Å². The van der Waals surface area contributed by atoms with Crippen LogP contribution >= 0.6 is 34.2 Å². The molecule has 0 aromatic heterocycles. The van der Waals surface area contributed by atoms with Gasteiger partial charge in [0.25, 0.3) is 0 Å². The van der Waals surface area contributed by atoms with E-state index in [-0.39, 0.29) is 6.03 Å². The van der Waals surface area contributed by atoms with Gasteiger partial charge in [0, 0.05) is 21.7 Å². The number of carbonyl (C=O) groups excluding carboxylic acids is 1. The molecule has 1 aromatic rings. The summed E-state index contributed by atoms with van der Waals surface area (Å²) >= 11 is 8.05. The van der Waals surface area contributed by atoms with Gasteiger partial charge < -0.3 is 10.2 Å². The van der Waals surface area contributed by atoms with Crippen LogP contribution in [0, 0.1) is 3.57 Å². The Kier molecular flexibility index (Phi) is 4.50. The molecule has 1 fully saturated rings. The topological polar surface area (TPSA) is 32.3 Å². The maximum absolute atomic E-state index is 12.0. The molecule has 2 amide bonds. The van der Waals surface area contributed by atoms with E-state index in [9.17, 15) is 4.79 Å².